The second-order valence-electron chi connectivity index (χ2n) is 3.60. The van der Waals surface area contributed by atoms with Crippen molar-refractivity contribution >= 4 is 20.7 Å². The molecule has 0 bridgehead atoms. The van der Waals surface area contributed by atoms with Crippen LogP contribution in [-0.4, -0.2) is 24.8 Å². The third kappa shape index (κ3) is 2.12. The minimum Gasteiger partial charge on any atom is -0.507 e. The minimum atomic E-state index is -3.05. The van der Waals surface area contributed by atoms with Crippen molar-refractivity contribution in [1.29, 1.82) is 0 Å². The molecule has 0 radical (unpaired) electrons. The molecule has 5 heteroatoms. The van der Waals surface area contributed by atoms with Crippen LogP contribution in [0.3, 0.4) is 0 Å². The number of hydrogen-bond donors (Lipinski definition) is 2. The number of aromatic nitrogens is 1. The van der Waals surface area contributed by atoms with Gasteiger partial charge in [0.25, 0.3) is 0 Å². The molecule has 0 saturated carbocycles. The van der Waals surface area contributed by atoms with Gasteiger partial charge in [-0.05, 0) is 18.2 Å². The highest BCUT2D eigenvalue weighted by molar-refractivity contribution is 7.89. The van der Waals surface area contributed by atoms with Gasteiger partial charge < -0.3 is 10.1 Å². The second-order valence-corrected chi connectivity index (χ2v) is 5.74. The normalized spacial score (nSPS) is 12.1. The lowest BCUT2D eigenvalue weighted by atomic mass is 10.2. The van der Waals surface area contributed by atoms with E-state index in [-0.39, 0.29) is 11.5 Å². The molecular weight excluding hydrogens is 214 g/mol. The molecule has 0 fully saturated rings. The number of fused-ring (bicyclic) bond motifs is 1. The maximum Gasteiger partial charge on any atom is 0.153 e. The molecule has 0 saturated heterocycles. The molecule has 2 rings (SSSR count). The fourth-order valence-electron chi connectivity index (χ4n) is 1.56. The highest BCUT2D eigenvalue weighted by Crippen LogP contribution is 2.25. The van der Waals surface area contributed by atoms with Crippen LogP contribution in [0.2, 0.25) is 0 Å². The molecule has 0 unspecified atom stereocenters. The van der Waals surface area contributed by atoms with Gasteiger partial charge in [-0.3, -0.25) is 0 Å². The van der Waals surface area contributed by atoms with Crippen LogP contribution in [0, 0.1) is 0 Å². The van der Waals surface area contributed by atoms with Gasteiger partial charge in [-0.2, -0.15) is 0 Å². The van der Waals surface area contributed by atoms with Gasteiger partial charge in [0.05, 0.1) is 5.75 Å². The highest BCUT2D eigenvalue weighted by atomic mass is 32.2. The summed E-state index contributed by atoms with van der Waals surface area (Å²) < 4.78 is 22.2. The Morgan fingerprint density at radius 2 is 2.13 bits per heavy atom. The summed E-state index contributed by atoms with van der Waals surface area (Å²) in [7, 11) is -3.05. The zero-order chi connectivity index (χ0) is 11.1. The number of aromatic amines is 1. The Balaban J connectivity index is 2.53. The molecule has 2 aromatic rings. The standard InChI is InChI=1S/C10H11NO3S/c1-15(13,14)6-7-5-8-9(11-7)3-2-4-10(8)12/h2-5,11-12H,6H2,1H3. The quantitative estimate of drug-likeness (QED) is 0.812. The third-order valence-corrected chi connectivity index (χ3v) is 2.95. The van der Waals surface area contributed by atoms with Crippen molar-refractivity contribution in [3.05, 3.63) is 30.0 Å². The van der Waals surface area contributed by atoms with E-state index in [2.05, 4.69) is 4.98 Å². The van der Waals surface area contributed by atoms with Crippen LogP contribution in [0.1, 0.15) is 5.69 Å². The first-order valence-electron chi connectivity index (χ1n) is 4.43. The molecule has 1 aromatic heterocycles. The Bertz CT molecular complexity index is 598. The highest BCUT2D eigenvalue weighted by Gasteiger charge is 2.09. The number of aromatic hydroxyl groups is 1. The molecule has 0 aliphatic carbocycles. The topological polar surface area (TPSA) is 70.2 Å². The van der Waals surface area contributed by atoms with Crippen LogP contribution in [0.15, 0.2) is 24.3 Å². The molecule has 15 heavy (non-hydrogen) atoms. The van der Waals surface area contributed by atoms with Crippen LogP contribution in [0.5, 0.6) is 5.75 Å². The number of phenols is 1. The summed E-state index contributed by atoms with van der Waals surface area (Å²) in [4.78, 5) is 2.95. The van der Waals surface area contributed by atoms with Crippen LogP contribution in [-0.2, 0) is 15.6 Å². The zero-order valence-corrected chi connectivity index (χ0v) is 9.00. The first-order chi connectivity index (χ1) is 6.96. The molecule has 0 aliphatic heterocycles. The molecule has 0 aliphatic rings. The van der Waals surface area contributed by atoms with E-state index < -0.39 is 9.84 Å². The first kappa shape index (κ1) is 10.0. The monoisotopic (exact) mass is 225 g/mol. The van der Waals surface area contributed by atoms with Crippen molar-refractivity contribution in [1.82, 2.24) is 4.98 Å². The average Bonchev–Trinajstić information content (AvgIpc) is 2.45. The van der Waals surface area contributed by atoms with Crippen molar-refractivity contribution < 1.29 is 13.5 Å². The number of hydrogen-bond acceptors (Lipinski definition) is 3. The largest absolute Gasteiger partial charge is 0.507 e. The predicted octanol–water partition coefficient (Wildman–Crippen LogP) is 1.42. The lowest BCUT2D eigenvalue weighted by Gasteiger charge is -1.92. The first-order valence-corrected chi connectivity index (χ1v) is 6.49. The van der Waals surface area contributed by atoms with E-state index in [1.165, 1.54) is 6.26 Å². The lowest BCUT2D eigenvalue weighted by molar-refractivity contribution is 0.481. The Morgan fingerprint density at radius 3 is 2.73 bits per heavy atom. The van der Waals surface area contributed by atoms with E-state index in [9.17, 15) is 13.5 Å². The summed E-state index contributed by atoms with van der Waals surface area (Å²) in [6.45, 7) is 0. The summed E-state index contributed by atoms with van der Waals surface area (Å²) >= 11 is 0. The van der Waals surface area contributed by atoms with Gasteiger partial charge >= 0.3 is 0 Å². The molecule has 80 valence electrons. The molecule has 0 amide bonds. The fraction of sp³-hybridized carbons (Fsp3) is 0.200. The number of rotatable bonds is 2. The van der Waals surface area contributed by atoms with Gasteiger partial charge in [0.1, 0.15) is 5.75 Å². The van der Waals surface area contributed by atoms with Gasteiger partial charge in [-0.25, -0.2) is 8.42 Å². The molecule has 2 N–H and O–H groups in total. The Hall–Kier alpha value is -1.49. The summed E-state index contributed by atoms with van der Waals surface area (Å²) in [5.74, 6) is 0.115. The van der Waals surface area contributed by atoms with Crippen LogP contribution < -0.4 is 0 Å². The summed E-state index contributed by atoms with van der Waals surface area (Å²) in [5.41, 5.74) is 1.34. The van der Waals surface area contributed by atoms with E-state index in [4.69, 9.17) is 0 Å². The van der Waals surface area contributed by atoms with E-state index in [0.717, 1.165) is 5.52 Å². The summed E-state index contributed by atoms with van der Waals surface area (Å²) in [6, 6.07) is 6.73. The summed E-state index contributed by atoms with van der Waals surface area (Å²) in [5, 5.41) is 10.2. The lowest BCUT2D eigenvalue weighted by Crippen LogP contribution is -2.00. The van der Waals surface area contributed by atoms with E-state index in [1.54, 1.807) is 24.3 Å². The molecular formula is C10H11NO3S. The Kier molecular flexibility index (Phi) is 2.19. The Morgan fingerprint density at radius 1 is 1.40 bits per heavy atom. The number of nitrogens with one attached hydrogen (secondary N) is 1. The van der Waals surface area contributed by atoms with Crippen molar-refractivity contribution in [2.24, 2.45) is 0 Å². The van der Waals surface area contributed by atoms with Crippen LogP contribution in [0.4, 0.5) is 0 Å². The maximum absolute atomic E-state index is 11.1. The minimum absolute atomic E-state index is 0.0406. The second kappa shape index (κ2) is 3.27. The van der Waals surface area contributed by atoms with Crippen molar-refractivity contribution in [2.45, 2.75) is 5.75 Å². The number of sulfone groups is 1. The van der Waals surface area contributed by atoms with Crippen molar-refractivity contribution in [3.8, 4) is 5.75 Å². The number of phenolic OH excluding ortho intramolecular Hbond substituents is 1. The van der Waals surface area contributed by atoms with Crippen LogP contribution in [0.25, 0.3) is 10.9 Å². The van der Waals surface area contributed by atoms with Gasteiger partial charge in [0.2, 0.25) is 0 Å². The Labute approximate surface area is 87.5 Å². The molecule has 0 atom stereocenters. The van der Waals surface area contributed by atoms with Gasteiger partial charge in [-0.1, -0.05) is 6.07 Å². The van der Waals surface area contributed by atoms with Gasteiger partial charge in [0.15, 0.2) is 9.84 Å². The number of H-pyrrole nitrogens is 1. The smallest absolute Gasteiger partial charge is 0.153 e. The predicted molar refractivity (Wildman–Crippen MR) is 58.5 cm³/mol. The van der Waals surface area contributed by atoms with Crippen molar-refractivity contribution in [2.75, 3.05) is 6.26 Å². The maximum atomic E-state index is 11.1. The van der Waals surface area contributed by atoms with Crippen molar-refractivity contribution in [3.63, 3.8) is 0 Å². The number of benzene rings is 1. The zero-order valence-electron chi connectivity index (χ0n) is 8.19. The summed E-state index contributed by atoms with van der Waals surface area (Å²) in [6.07, 6.45) is 1.18. The molecule has 1 aromatic carbocycles. The van der Waals surface area contributed by atoms with E-state index in [1.807, 2.05) is 0 Å². The van der Waals surface area contributed by atoms with Crippen LogP contribution >= 0.6 is 0 Å². The molecule has 4 nitrogen and oxygen atoms in total. The fourth-order valence-corrected chi connectivity index (χ4v) is 2.28. The van der Waals surface area contributed by atoms with E-state index >= 15 is 0 Å². The molecule has 1 heterocycles. The SMILES string of the molecule is CS(=O)(=O)Cc1cc2c(O)cccc2[nH]1. The van der Waals surface area contributed by atoms with Gasteiger partial charge in [-0.15, -0.1) is 0 Å². The van der Waals surface area contributed by atoms with Gasteiger partial charge in [0, 0.05) is 22.9 Å². The average molecular weight is 225 g/mol. The van der Waals surface area contributed by atoms with E-state index in [0.29, 0.717) is 11.1 Å². The third-order valence-electron chi connectivity index (χ3n) is 2.11. The molecule has 0 spiro atoms.